The van der Waals surface area contributed by atoms with E-state index in [1.807, 2.05) is 30.3 Å². The molecule has 0 saturated heterocycles. The second-order valence-corrected chi connectivity index (χ2v) is 4.75. The first-order valence-corrected chi connectivity index (χ1v) is 6.65. The number of benzene rings is 2. The SMILES string of the molecule is CNc1nc(Nc2ccc(C)c(F)c2)c2ccccc2n1. The Bertz CT molecular complexity index is 801. The van der Waals surface area contributed by atoms with Gasteiger partial charge in [0.25, 0.3) is 0 Å². The minimum absolute atomic E-state index is 0.243. The molecule has 0 spiro atoms. The van der Waals surface area contributed by atoms with E-state index in [0.717, 1.165) is 10.9 Å². The number of anilines is 3. The quantitative estimate of drug-likeness (QED) is 0.766. The maximum absolute atomic E-state index is 13.7. The summed E-state index contributed by atoms with van der Waals surface area (Å²) in [6.07, 6.45) is 0. The highest BCUT2D eigenvalue weighted by atomic mass is 19.1. The molecule has 0 saturated carbocycles. The fraction of sp³-hybridized carbons (Fsp3) is 0.125. The van der Waals surface area contributed by atoms with E-state index in [1.165, 1.54) is 6.07 Å². The van der Waals surface area contributed by atoms with E-state index in [1.54, 1.807) is 20.0 Å². The highest BCUT2D eigenvalue weighted by molar-refractivity contribution is 5.91. The number of hydrogen-bond acceptors (Lipinski definition) is 4. The third kappa shape index (κ3) is 2.63. The molecule has 5 heteroatoms. The summed E-state index contributed by atoms with van der Waals surface area (Å²) < 4.78 is 13.7. The van der Waals surface area contributed by atoms with Gasteiger partial charge < -0.3 is 10.6 Å². The summed E-state index contributed by atoms with van der Waals surface area (Å²) in [5, 5.41) is 6.97. The normalized spacial score (nSPS) is 10.6. The van der Waals surface area contributed by atoms with E-state index in [9.17, 15) is 4.39 Å². The average molecular weight is 282 g/mol. The summed E-state index contributed by atoms with van der Waals surface area (Å²) in [5.74, 6) is 0.921. The summed E-state index contributed by atoms with van der Waals surface area (Å²) in [7, 11) is 1.76. The van der Waals surface area contributed by atoms with Gasteiger partial charge in [0.05, 0.1) is 5.52 Å². The number of halogens is 1. The van der Waals surface area contributed by atoms with E-state index in [2.05, 4.69) is 20.6 Å². The molecule has 0 aliphatic carbocycles. The summed E-state index contributed by atoms with van der Waals surface area (Å²) in [6.45, 7) is 1.73. The molecule has 0 unspecified atom stereocenters. The van der Waals surface area contributed by atoms with Crippen molar-refractivity contribution in [1.29, 1.82) is 0 Å². The first-order chi connectivity index (χ1) is 10.2. The Hall–Kier alpha value is -2.69. The van der Waals surface area contributed by atoms with Crippen LogP contribution in [0.3, 0.4) is 0 Å². The number of hydrogen-bond donors (Lipinski definition) is 2. The minimum atomic E-state index is -0.243. The van der Waals surface area contributed by atoms with E-state index < -0.39 is 0 Å². The topological polar surface area (TPSA) is 49.8 Å². The predicted octanol–water partition coefficient (Wildman–Crippen LogP) is 3.86. The molecule has 0 bridgehead atoms. The minimum Gasteiger partial charge on any atom is -0.357 e. The van der Waals surface area contributed by atoms with Gasteiger partial charge in [-0.15, -0.1) is 0 Å². The maximum Gasteiger partial charge on any atom is 0.224 e. The van der Waals surface area contributed by atoms with E-state index in [4.69, 9.17) is 0 Å². The van der Waals surface area contributed by atoms with Gasteiger partial charge in [0.15, 0.2) is 0 Å². The molecule has 0 atom stereocenters. The van der Waals surface area contributed by atoms with Crippen LogP contribution in [0.4, 0.5) is 21.8 Å². The summed E-state index contributed by atoms with van der Waals surface area (Å²) in [5.41, 5.74) is 2.10. The van der Waals surface area contributed by atoms with Crippen molar-refractivity contribution in [2.45, 2.75) is 6.92 Å². The lowest BCUT2D eigenvalue weighted by atomic mass is 10.2. The molecule has 4 nitrogen and oxygen atoms in total. The van der Waals surface area contributed by atoms with Gasteiger partial charge >= 0.3 is 0 Å². The standard InChI is InChI=1S/C16H15FN4/c1-10-7-8-11(9-13(10)17)19-15-12-5-3-4-6-14(12)20-16(18-2)21-15/h3-9H,1-2H3,(H2,18,19,20,21). The van der Waals surface area contributed by atoms with E-state index in [0.29, 0.717) is 23.0 Å². The number of aromatic nitrogens is 2. The maximum atomic E-state index is 13.7. The van der Waals surface area contributed by atoms with Gasteiger partial charge in [-0.05, 0) is 36.8 Å². The van der Waals surface area contributed by atoms with Crippen LogP contribution in [0.25, 0.3) is 10.9 Å². The number of fused-ring (bicyclic) bond motifs is 1. The Morgan fingerprint density at radius 2 is 1.86 bits per heavy atom. The number of nitrogens with zero attached hydrogens (tertiary/aromatic N) is 2. The molecular weight excluding hydrogens is 267 g/mol. The predicted molar refractivity (Wildman–Crippen MR) is 83.5 cm³/mol. The van der Waals surface area contributed by atoms with Crippen LogP contribution >= 0.6 is 0 Å². The van der Waals surface area contributed by atoms with Gasteiger partial charge in [-0.2, -0.15) is 4.98 Å². The molecule has 0 radical (unpaired) electrons. The van der Waals surface area contributed by atoms with Crippen LogP contribution in [-0.4, -0.2) is 17.0 Å². The Labute approximate surface area is 122 Å². The number of para-hydroxylation sites is 1. The third-order valence-corrected chi connectivity index (χ3v) is 3.26. The zero-order chi connectivity index (χ0) is 14.8. The van der Waals surface area contributed by atoms with Crippen molar-refractivity contribution in [3.63, 3.8) is 0 Å². The van der Waals surface area contributed by atoms with Crippen molar-refractivity contribution in [2.24, 2.45) is 0 Å². The molecule has 2 N–H and O–H groups in total. The van der Waals surface area contributed by atoms with Crippen molar-refractivity contribution < 1.29 is 4.39 Å². The van der Waals surface area contributed by atoms with Crippen LogP contribution in [0.1, 0.15) is 5.56 Å². The lowest BCUT2D eigenvalue weighted by Gasteiger charge is -2.11. The summed E-state index contributed by atoms with van der Waals surface area (Å²) in [6, 6.07) is 12.7. The lowest BCUT2D eigenvalue weighted by molar-refractivity contribution is 0.619. The van der Waals surface area contributed by atoms with Gasteiger partial charge in [0, 0.05) is 18.1 Å². The van der Waals surface area contributed by atoms with Crippen LogP contribution in [0.2, 0.25) is 0 Å². The first-order valence-electron chi connectivity index (χ1n) is 6.65. The molecule has 3 aromatic rings. The Morgan fingerprint density at radius 1 is 1.05 bits per heavy atom. The first kappa shape index (κ1) is 13.3. The molecule has 1 aromatic heterocycles. The molecule has 0 amide bonds. The van der Waals surface area contributed by atoms with Crippen molar-refractivity contribution in [3.05, 3.63) is 53.8 Å². The largest absolute Gasteiger partial charge is 0.357 e. The fourth-order valence-electron chi connectivity index (χ4n) is 2.09. The molecule has 0 aliphatic rings. The number of nitrogens with one attached hydrogen (secondary N) is 2. The van der Waals surface area contributed by atoms with Crippen molar-refractivity contribution >= 4 is 28.4 Å². The molecule has 106 valence electrons. The van der Waals surface area contributed by atoms with Gasteiger partial charge in [-0.1, -0.05) is 18.2 Å². The third-order valence-electron chi connectivity index (χ3n) is 3.26. The lowest BCUT2D eigenvalue weighted by Crippen LogP contribution is -2.02. The number of aryl methyl sites for hydroxylation is 1. The molecule has 21 heavy (non-hydrogen) atoms. The Kier molecular flexibility index (Phi) is 3.39. The van der Waals surface area contributed by atoms with Gasteiger partial charge in [0.1, 0.15) is 11.6 Å². The Balaban J connectivity index is 2.08. The van der Waals surface area contributed by atoms with E-state index >= 15 is 0 Å². The molecular formula is C16H15FN4. The zero-order valence-electron chi connectivity index (χ0n) is 11.8. The molecule has 1 heterocycles. The van der Waals surface area contributed by atoms with Crippen LogP contribution < -0.4 is 10.6 Å². The van der Waals surface area contributed by atoms with Crippen molar-refractivity contribution in [2.75, 3.05) is 17.7 Å². The van der Waals surface area contributed by atoms with Crippen LogP contribution in [0.5, 0.6) is 0 Å². The highest BCUT2D eigenvalue weighted by Crippen LogP contribution is 2.25. The second kappa shape index (κ2) is 5.36. The highest BCUT2D eigenvalue weighted by Gasteiger charge is 2.08. The zero-order valence-corrected chi connectivity index (χ0v) is 11.8. The molecule has 0 fully saturated rings. The van der Waals surface area contributed by atoms with Crippen LogP contribution in [0.15, 0.2) is 42.5 Å². The van der Waals surface area contributed by atoms with Crippen molar-refractivity contribution in [1.82, 2.24) is 9.97 Å². The Morgan fingerprint density at radius 3 is 2.62 bits per heavy atom. The van der Waals surface area contributed by atoms with Crippen LogP contribution in [0, 0.1) is 12.7 Å². The van der Waals surface area contributed by atoms with E-state index in [-0.39, 0.29) is 5.82 Å². The van der Waals surface area contributed by atoms with Gasteiger partial charge in [-0.3, -0.25) is 0 Å². The van der Waals surface area contributed by atoms with Crippen LogP contribution in [-0.2, 0) is 0 Å². The monoisotopic (exact) mass is 282 g/mol. The molecule has 2 aromatic carbocycles. The summed E-state index contributed by atoms with van der Waals surface area (Å²) in [4.78, 5) is 8.80. The average Bonchev–Trinajstić information content (AvgIpc) is 2.51. The molecule has 3 rings (SSSR count). The summed E-state index contributed by atoms with van der Waals surface area (Å²) >= 11 is 0. The fourth-order valence-corrected chi connectivity index (χ4v) is 2.09. The van der Waals surface area contributed by atoms with Crippen molar-refractivity contribution in [3.8, 4) is 0 Å². The second-order valence-electron chi connectivity index (χ2n) is 4.75. The van der Waals surface area contributed by atoms with Gasteiger partial charge in [0.2, 0.25) is 5.95 Å². The molecule has 0 aliphatic heterocycles. The number of rotatable bonds is 3. The van der Waals surface area contributed by atoms with Gasteiger partial charge in [-0.25, -0.2) is 9.37 Å². The smallest absolute Gasteiger partial charge is 0.224 e.